The first-order valence-electron chi connectivity index (χ1n) is 7.76. The van der Waals surface area contributed by atoms with Crippen LogP contribution in [0, 0.1) is 0 Å². The molecule has 4 heteroatoms. The van der Waals surface area contributed by atoms with Crippen LogP contribution in [-0.2, 0) is 6.42 Å². The van der Waals surface area contributed by atoms with Crippen molar-refractivity contribution >= 4 is 22.3 Å². The van der Waals surface area contributed by atoms with Gasteiger partial charge < -0.3 is 15.4 Å². The van der Waals surface area contributed by atoms with Gasteiger partial charge in [-0.05, 0) is 42.0 Å². The van der Waals surface area contributed by atoms with Crippen LogP contribution in [0.25, 0.3) is 10.9 Å². The Labute approximate surface area is 136 Å². The molecule has 3 aromatic rings. The zero-order valence-electron chi connectivity index (χ0n) is 13.5. The Bertz CT molecular complexity index is 801. The number of ether oxygens (including phenoxy) is 1. The van der Waals surface area contributed by atoms with Crippen LogP contribution in [0.15, 0.2) is 54.7 Å². The first-order chi connectivity index (χ1) is 11.3. The lowest BCUT2D eigenvalue weighted by atomic mass is 10.1. The number of pyridine rings is 1. The normalized spacial score (nSPS) is 11.9. The molecular weight excluding hydrogens is 286 g/mol. The molecule has 0 radical (unpaired) electrons. The summed E-state index contributed by atoms with van der Waals surface area (Å²) in [7, 11) is 3.83. The van der Waals surface area contributed by atoms with Crippen molar-refractivity contribution in [2.75, 3.05) is 31.3 Å². The molecule has 0 spiro atoms. The van der Waals surface area contributed by atoms with Gasteiger partial charge in [-0.3, -0.25) is 4.98 Å². The Morgan fingerprint density at radius 3 is 2.57 bits per heavy atom. The van der Waals surface area contributed by atoms with Crippen molar-refractivity contribution < 1.29 is 4.74 Å². The lowest BCUT2D eigenvalue weighted by Gasteiger charge is -2.01. The number of fused-ring (bicyclic) bond motifs is 2. The Morgan fingerprint density at radius 2 is 1.74 bits per heavy atom. The number of anilines is 2. The second kappa shape index (κ2) is 7.01. The van der Waals surface area contributed by atoms with Gasteiger partial charge in [-0.25, -0.2) is 0 Å². The minimum atomic E-state index is 0.836. The average molecular weight is 307 g/mol. The highest BCUT2D eigenvalue weighted by molar-refractivity contribution is 5.81. The molecule has 23 heavy (non-hydrogen) atoms. The van der Waals surface area contributed by atoms with E-state index < -0.39 is 0 Å². The maximum absolute atomic E-state index is 5.37. The number of nitrogens with one attached hydrogen (secondary N) is 2. The summed E-state index contributed by atoms with van der Waals surface area (Å²) >= 11 is 0. The summed E-state index contributed by atoms with van der Waals surface area (Å²) in [6.45, 7) is 0.836. The van der Waals surface area contributed by atoms with Gasteiger partial charge in [0.2, 0.25) is 0 Å². The largest absolute Gasteiger partial charge is 0.493 e. The molecule has 1 aromatic heterocycles. The SMILES string of the molecule is CNc1ccc2c(c1)CCO2.CNc1ccc2cccnc2c1. The number of hydrogen-bond acceptors (Lipinski definition) is 4. The summed E-state index contributed by atoms with van der Waals surface area (Å²) in [5.74, 6) is 1.05. The number of nitrogens with zero attached hydrogens (tertiary/aromatic N) is 1. The third-order valence-corrected chi connectivity index (χ3v) is 3.87. The fraction of sp³-hybridized carbons (Fsp3) is 0.211. The van der Waals surface area contributed by atoms with E-state index in [1.54, 1.807) is 0 Å². The molecule has 4 nitrogen and oxygen atoms in total. The van der Waals surface area contributed by atoms with Gasteiger partial charge in [0.1, 0.15) is 5.75 Å². The molecule has 0 saturated heterocycles. The minimum absolute atomic E-state index is 0.836. The van der Waals surface area contributed by atoms with E-state index in [0.717, 1.165) is 35.7 Å². The molecule has 2 aromatic carbocycles. The summed E-state index contributed by atoms with van der Waals surface area (Å²) in [5, 5.41) is 7.36. The van der Waals surface area contributed by atoms with Gasteiger partial charge >= 0.3 is 0 Å². The highest BCUT2D eigenvalue weighted by Crippen LogP contribution is 2.27. The molecule has 2 heterocycles. The van der Waals surface area contributed by atoms with E-state index in [9.17, 15) is 0 Å². The van der Waals surface area contributed by atoms with Gasteiger partial charge in [0.15, 0.2) is 0 Å². The van der Waals surface area contributed by atoms with E-state index in [0.29, 0.717) is 0 Å². The quantitative estimate of drug-likeness (QED) is 0.753. The summed E-state index contributed by atoms with van der Waals surface area (Å²) in [6, 6.07) is 16.3. The van der Waals surface area contributed by atoms with Crippen molar-refractivity contribution in [2.24, 2.45) is 0 Å². The van der Waals surface area contributed by atoms with E-state index in [-0.39, 0.29) is 0 Å². The molecule has 0 saturated carbocycles. The standard InChI is InChI=1S/C10H10N2.C9H11NO/c1-11-9-5-4-8-3-2-6-12-10(8)7-9;1-10-8-2-3-9-7(6-8)4-5-11-9/h2-7,11H,1H3;2-3,6,10H,4-5H2,1H3. The fourth-order valence-electron chi connectivity index (χ4n) is 2.56. The molecule has 1 aliphatic rings. The van der Waals surface area contributed by atoms with Crippen LogP contribution in [-0.4, -0.2) is 25.7 Å². The van der Waals surface area contributed by atoms with E-state index >= 15 is 0 Å². The summed E-state index contributed by atoms with van der Waals surface area (Å²) in [6.07, 6.45) is 2.85. The molecule has 2 N–H and O–H groups in total. The maximum atomic E-state index is 5.37. The number of rotatable bonds is 2. The van der Waals surface area contributed by atoms with Crippen molar-refractivity contribution in [3.05, 3.63) is 60.3 Å². The second-order valence-corrected chi connectivity index (χ2v) is 5.33. The maximum Gasteiger partial charge on any atom is 0.122 e. The molecule has 4 rings (SSSR count). The lowest BCUT2D eigenvalue weighted by Crippen LogP contribution is -1.87. The zero-order valence-corrected chi connectivity index (χ0v) is 13.5. The van der Waals surface area contributed by atoms with Gasteiger partial charge in [0, 0.05) is 43.5 Å². The zero-order chi connectivity index (χ0) is 16.1. The Balaban J connectivity index is 0.000000136. The topological polar surface area (TPSA) is 46.2 Å². The molecule has 118 valence electrons. The molecule has 0 fully saturated rings. The summed E-state index contributed by atoms with van der Waals surface area (Å²) < 4.78 is 5.37. The number of hydrogen-bond donors (Lipinski definition) is 2. The van der Waals surface area contributed by atoms with Crippen LogP contribution < -0.4 is 15.4 Å². The fourth-order valence-corrected chi connectivity index (χ4v) is 2.56. The van der Waals surface area contributed by atoms with Crippen molar-refractivity contribution in [3.8, 4) is 5.75 Å². The minimum Gasteiger partial charge on any atom is -0.493 e. The smallest absolute Gasteiger partial charge is 0.122 e. The molecule has 0 amide bonds. The first kappa shape index (κ1) is 15.2. The molecular formula is C19H21N3O. The number of benzene rings is 2. The highest BCUT2D eigenvalue weighted by atomic mass is 16.5. The van der Waals surface area contributed by atoms with Crippen LogP contribution in [0.4, 0.5) is 11.4 Å². The number of aromatic nitrogens is 1. The average Bonchev–Trinajstić information content (AvgIpc) is 3.09. The van der Waals surface area contributed by atoms with Crippen LogP contribution in [0.1, 0.15) is 5.56 Å². The van der Waals surface area contributed by atoms with E-state index in [1.807, 2.05) is 50.6 Å². The van der Waals surface area contributed by atoms with Gasteiger partial charge in [-0.15, -0.1) is 0 Å². The molecule has 0 unspecified atom stereocenters. The third-order valence-electron chi connectivity index (χ3n) is 3.87. The van der Waals surface area contributed by atoms with Crippen molar-refractivity contribution in [2.45, 2.75) is 6.42 Å². The second-order valence-electron chi connectivity index (χ2n) is 5.33. The lowest BCUT2D eigenvalue weighted by molar-refractivity contribution is 0.357. The van der Waals surface area contributed by atoms with Crippen LogP contribution in [0.2, 0.25) is 0 Å². The molecule has 1 aliphatic heterocycles. The predicted octanol–water partition coefficient (Wildman–Crippen LogP) is 3.94. The van der Waals surface area contributed by atoms with Crippen LogP contribution in [0.3, 0.4) is 0 Å². The van der Waals surface area contributed by atoms with Crippen molar-refractivity contribution in [1.29, 1.82) is 0 Å². The first-order valence-corrected chi connectivity index (χ1v) is 7.76. The van der Waals surface area contributed by atoms with Gasteiger partial charge in [-0.2, -0.15) is 0 Å². The predicted molar refractivity (Wildman–Crippen MR) is 96.5 cm³/mol. The van der Waals surface area contributed by atoms with Crippen LogP contribution >= 0.6 is 0 Å². The van der Waals surface area contributed by atoms with Crippen molar-refractivity contribution in [3.63, 3.8) is 0 Å². The molecule has 0 bridgehead atoms. The Morgan fingerprint density at radius 1 is 0.957 bits per heavy atom. The molecule has 0 atom stereocenters. The Hall–Kier alpha value is -2.75. The van der Waals surface area contributed by atoms with E-state index in [4.69, 9.17) is 4.74 Å². The highest BCUT2D eigenvalue weighted by Gasteiger charge is 2.10. The Kier molecular flexibility index (Phi) is 4.62. The third kappa shape index (κ3) is 3.54. The van der Waals surface area contributed by atoms with E-state index in [2.05, 4.69) is 33.8 Å². The summed E-state index contributed by atoms with van der Waals surface area (Å²) in [5.41, 5.74) is 4.61. The van der Waals surface area contributed by atoms with Gasteiger partial charge in [0.25, 0.3) is 0 Å². The molecule has 0 aliphatic carbocycles. The summed E-state index contributed by atoms with van der Waals surface area (Å²) in [4.78, 5) is 4.25. The van der Waals surface area contributed by atoms with E-state index in [1.165, 1.54) is 10.9 Å². The van der Waals surface area contributed by atoms with Gasteiger partial charge in [0.05, 0.1) is 12.1 Å². The van der Waals surface area contributed by atoms with Gasteiger partial charge in [-0.1, -0.05) is 12.1 Å². The van der Waals surface area contributed by atoms with Crippen LogP contribution in [0.5, 0.6) is 5.75 Å². The van der Waals surface area contributed by atoms with Crippen molar-refractivity contribution in [1.82, 2.24) is 4.98 Å². The monoisotopic (exact) mass is 307 g/mol.